The second-order valence-electron chi connectivity index (χ2n) is 5.58. The van der Waals surface area contributed by atoms with Gasteiger partial charge in [0.2, 0.25) is 5.91 Å². The van der Waals surface area contributed by atoms with E-state index in [4.69, 9.17) is 4.74 Å². The summed E-state index contributed by atoms with van der Waals surface area (Å²) < 4.78 is 19.4. The molecule has 0 unspecified atom stereocenters. The number of rotatable bonds is 8. The first kappa shape index (κ1) is 17.4. The summed E-state index contributed by atoms with van der Waals surface area (Å²) >= 11 is 1.66. The lowest BCUT2D eigenvalue weighted by Crippen LogP contribution is -2.25. The van der Waals surface area contributed by atoms with Gasteiger partial charge in [-0.15, -0.1) is 11.3 Å². The number of aromatic nitrogens is 1. The van der Waals surface area contributed by atoms with Gasteiger partial charge in [-0.3, -0.25) is 4.79 Å². The molecule has 1 heterocycles. The van der Waals surface area contributed by atoms with Crippen molar-refractivity contribution in [3.63, 3.8) is 0 Å². The van der Waals surface area contributed by atoms with E-state index in [1.165, 1.54) is 16.8 Å². The summed E-state index contributed by atoms with van der Waals surface area (Å²) in [5.41, 5.74) is 1.01. The molecule has 1 N–H and O–H groups in total. The number of thiazole rings is 1. The number of para-hydroxylation sites is 1. The van der Waals surface area contributed by atoms with Gasteiger partial charge in [0.15, 0.2) is 0 Å². The molecule has 0 atom stereocenters. The van der Waals surface area contributed by atoms with Crippen molar-refractivity contribution in [2.75, 3.05) is 13.2 Å². The number of carbonyl (C=O) groups is 1. The number of halogens is 1. The van der Waals surface area contributed by atoms with E-state index in [0.717, 1.165) is 16.9 Å². The topological polar surface area (TPSA) is 51.2 Å². The molecule has 3 rings (SSSR count). The Kier molecular flexibility index (Phi) is 5.95. The number of nitrogens with one attached hydrogen (secondary N) is 1. The highest BCUT2D eigenvalue weighted by molar-refractivity contribution is 7.18. The minimum Gasteiger partial charge on any atom is -0.494 e. The second kappa shape index (κ2) is 8.58. The molecule has 2 aromatic carbocycles. The van der Waals surface area contributed by atoms with Crippen LogP contribution in [0.2, 0.25) is 0 Å². The van der Waals surface area contributed by atoms with E-state index in [0.29, 0.717) is 31.7 Å². The Morgan fingerprint density at radius 3 is 2.76 bits per heavy atom. The number of hydrogen-bond acceptors (Lipinski definition) is 4. The van der Waals surface area contributed by atoms with Crippen LogP contribution in [0.3, 0.4) is 0 Å². The minimum absolute atomic E-state index is 0.00353. The van der Waals surface area contributed by atoms with E-state index in [1.807, 2.05) is 18.2 Å². The number of amides is 1. The third-order valence-electron chi connectivity index (χ3n) is 3.63. The molecule has 3 aromatic rings. The van der Waals surface area contributed by atoms with Gasteiger partial charge >= 0.3 is 0 Å². The molecule has 0 bridgehead atoms. The van der Waals surface area contributed by atoms with Crippen LogP contribution in [-0.4, -0.2) is 24.0 Å². The van der Waals surface area contributed by atoms with Crippen molar-refractivity contribution in [2.45, 2.75) is 19.3 Å². The van der Waals surface area contributed by atoms with E-state index in [-0.39, 0.29) is 11.7 Å². The van der Waals surface area contributed by atoms with Crippen LogP contribution >= 0.6 is 11.3 Å². The largest absolute Gasteiger partial charge is 0.494 e. The zero-order chi connectivity index (χ0) is 17.5. The maximum atomic E-state index is 12.8. The van der Waals surface area contributed by atoms with Crippen molar-refractivity contribution in [1.29, 1.82) is 0 Å². The lowest BCUT2D eigenvalue weighted by molar-refractivity contribution is -0.121. The summed E-state index contributed by atoms with van der Waals surface area (Å²) in [4.78, 5) is 16.4. The van der Waals surface area contributed by atoms with Gasteiger partial charge in [-0.25, -0.2) is 9.37 Å². The van der Waals surface area contributed by atoms with Crippen molar-refractivity contribution in [3.8, 4) is 5.75 Å². The van der Waals surface area contributed by atoms with Crippen LogP contribution < -0.4 is 10.1 Å². The number of carbonyl (C=O) groups excluding carboxylic acids is 1. The van der Waals surface area contributed by atoms with Gasteiger partial charge < -0.3 is 10.1 Å². The molecule has 6 heteroatoms. The smallest absolute Gasteiger partial charge is 0.220 e. The van der Waals surface area contributed by atoms with E-state index < -0.39 is 0 Å². The summed E-state index contributed by atoms with van der Waals surface area (Å²) in [5.74, 6) is 0.321. The Balaban J connectivity index is 1.32. The molecule has 25 heavy (non-hydrogen) atoms. The van der Waals surface area contributed by atoms with E-state index in [2.05, 4.69) is 16.4 Å². The van der Waals surface area contributed by atoms with Gasteiger partial charge in [-0.05, 0) is 42.8 Å². The van der Waals surface area contributed by atoms with Gasteiger partial charge in [0.1, 0.15) is 11.6 Å². The number of nitrogens with zero attached hydrogens (tertiary/aromatic N) is 1. The lowest BCUT2D eigenvalue weighted by atomic mass is 10.3. The molecule has 130 valence electrons. The number of benzene rings is 2. The SMILES string of the molecule is O=C(CCCOc1ccc(F)cc1)NCCc1nc2ccccc2s1. The predicted molar refractivity (Wildman–Crippen MR) is 97.5 cm³/mol. The maximum absolute atomic E-state index is 12.8. The Morgan fingerprint density at radius 2 is 1.96 bits per heavy atom. The van der Waals surface area contributed by atoms with E-state index in [9.17, 15) is 9.18 Å². The molecular weight excluding hydrogens is 339 g/mol. The lowest BCUT2D eigenvalue weighted by Gasteiger charge is -2.06. The van der Waals surface area contributed by atoms with Crippen molar-refractivity contribution < 1.29 is 13.9 Å². The highest BCUT2D eigenvalue weighted by Gasteiger charge is 2.05. The first-order chi connectivity index (χ1) is 12.2. The minimum atomic E-state index is -0.292. The van der Waals surface area contributed by atoms with Gasteiger partial charge in [0.25, 0.3) is 0 Å². The van der Waals surface area contributed by atoms with E-state index >= 15 is 0 Å². The Bertz CT molecular complexity index is 800. The van der Waals surface area contributed by atoms with Crippen LogP contribution in [0.15, 0.2) is 48.5 Å². The molecule has 4 nitrogen and oxygen atoms in total. The molecular formula is C19H19FN2O2S. The van der Waals surface area contributed by atoms with Gasteiger partial charge in [-0.2, -0.15) is 0 Å². The highest BCUT2D eigenvalue weighted by atomic mass is 32.1. The summed E-state index contributed by atoms with van der Waals surface area (Å²) in [7, 11) is 0. The molecule has 0 radical (unpaired) electrons. The van der Waals surface area contributed by atoms with Gasteiger partial charge in [-0.1, -0.05) is 12.1 Å². The van der Waals surface area contributed by atoms with Crippen LogP contribution in [0.25, 0.3) is 10.2 Å². The fourth-order valence-corrected chi connectivity index (χ4v) is 3.34. The molecule has 0 spiro atoms. The molecule has 0 saturated heterocycles. The zero-order valence-corrected chi connectivity index (χ0v) is 14.5. The Labute approximate surface area is 149 Å². The van der Waals surface area contributed by atoms with Crippen molar-refractivity contribution in [2.24, 2.45) is 0 Å². The summed E-state index contributed by atoms with van der Waals surface area (Å²) in [6.07, 6.45) is 1.75. The number of fused-ring (bicyclic) bond motifs is 1. The molecule has 0 aliphatic rings. The quantitative estimate of drug-likeness (QED) is 0.620. The highest BCUT2D eigenvalue weighted by Crippen LogP contribution is 2.21. The molecule has 0 aliphatic heterocycles. The average Bonchev–Trinajstić information content (AvgIpc) is 3.03. The molecule has 1 aromatic heterocycles. The summed E-state index contributed by atoms with van der Waals surface area (Å²) in [6, 6.07) is 13.9. The van der Waals surface area contributed by atoms with E-state index in [1.54, 1.807) is 23.5 Å². The molecule has 1 amide bonds. The second-order valence-corrected chi connectivity index (χ2v) is 6.70. The zero-order valence-electron chi connectivity index (χ0n) is 13.7. The third kappa shape index (κ3) is 5.26. The van der Waals surface area contributed by atoms with Gasteiger partial charge in [0, 0.05) is 19.4 Å². The summed E-state index contributed by atoms with van der Waals surface area (Å²) in [6.45, 7) is 1.01. The van der Waals surface area contributed by atoms with Crippen LogP contribution in [0, 0.1) is 5.82 Å². The van der Waals surface area contributed by atoms with Crippen molar-refractivity contribution in [1.82, 2.24) is 10.3 Å². The number of hydrogen-bond donors (Lipinski definition) is 1. The fourth-order valence-electron chi connectivity index (χ4n) is 2.38. The maximum Gasteiger partial charge on any atom is 0.220 e. The van der Waals surface area contributed by atoms with Gasteiger partial charge in [0.05, 0.1) is 21.8 Å². The Morgan fingerprint density at radius 1 is 1.16 bits per heavy atom. The van der Waals surface area contributed by atoms with Crippen molar-refractivity contribution >= 4 is 27.5 Å². The fraction of sp³-hybridized carbons (Fsp3) is 0.263. The summed E-state index contributed by atoms with van der Waals surface area (Å²) in [5, 5.41) is 3.93. The van der Waals surface area contributed by atoms with Crippen molar-refractivity contribution in [3.05, 3.63) is 59.4 Å². The predicted octanol–water partition coefficient (Wildman–Crippen LogP) is 3.95. The number of ether oxygens (including phenoxy) is 1. The third-order valence-corrected chi connectivity index (χ3v) is 4.73. The normalized spacial score (nSPS) is 10.8. The molecule has 0 aliphatic carbocycles. The Hall–Kier alpha value is -2.47. The first-order valence-electron chi connectivity index (χ1n) is 8.20. The molecule has 0 fully saturated rings. The standard InChI is InChI=1S/C19H19FN2O2S/c20-14-7-9-15(10-8-14)24-13-3-6-18(23)21-12-11-19-22-16-4-1-2-5-17(16)25-19/h1-2,4-5,7-10H,3,6,11-13H2,(H,21,23). The average molecular weight is 358 g/mol. The first-order valence-corrected chi connectivity index (χ1v) is 9.02. The van der Waals surface area contributed by atoms with Crippen LogP contribution in [0.5, 0.6) is 5.75 Å². The van der Waals surface area contributed by atoms with Crippen LogP contribution in [0.1, 0.15) is 17.8 Å². The monoisotopic (exact) mass is 358 g/mol. The van der Waals surface area contributed by atoms with Crippen LogP contribution in [-0.2, 0) is 11.2 Å². The van der Waals surface area contributed by atoms with Crippen LogP contribution in [0.4, 0.5) is 4.39 Å². The molecule has 0 saturated carbocycles.